The summed E-state index contributed by atoms with van der Waals surface area (Å²) in [6.45, 7) is -0.0550. The van der Waals surface area contributed by atoms with Crippen molar-refractivity contribution in [2.24, 2.45) is 0 Å². The maximum atomic E-state index is 8.54. The van der Waals surface area contributed by atoms with Crippen LogP contribution in [0.5, 0.6) is 0 Å². The average molecular weight is 306 g/mol. The maximum absolute atomic E-state index is 8.54. The zero-order valence-electron chi connectivity index (χ0n) is 9.35. The van der Waals surface area contributed by atoms with Crippen LogP contribution >= 0.6 is 34.8 Å². The number of hydrogen-bond donors (Lipinski definition) is 1. The Balaban J connectivity index is 0.000000180. The third-order valence-corrected chi connectivity index (χ3v) is 2.60. The Kier molecular flexibility index (Phi) is 6.98. The van der Waals surface area contributed by atoms with E-state index in [1.165, 1.54) is 0 Å². The topological polar surface area (TPSA) is 46.0 Å². The van der Waals surface area contributed by atoms with E-state index in [1.807, 2.05) is 0 Å². The summed E-state index contributed by atoms with van der Waals surface area (Å²) >= 11 is 16.7. The molecular weight excluding hydrogens is 295 g/mol. The highest BCUT2D eigenvalue weighted by atomic mass is 35.5. The van der Waals surface area contributed by atoms with E-state index in [4.69, 9.17) is 39.9 Å². The largest absolute Gasteiger partial charge is 0.390 e. The Morgan fingerprint density at radius 2 is 1.44 bits per heavy atom. The van der Waals surface area contributed by atoms with Crippen molar-refractivity contribution >= 4 is 34.8 Å². The highest BCUT2D eigenvalue weighted by molar-refractivity contribution is 6.30. The molecule has 0 radical (unpaired) electrons. The summed E-state index contributed by atoms with van der Waals surface area (Å²) in [7, 11) is 0. The molecule has 0 saturated carbocycles. The second kappa shape index (κ2) is 8.27. The van der Waals surface area contributed by atoms with E-state index < -0.39 is 0 Å². The Bertz CT molecular complexity index is 449. The summed E-state index contributed by atoms with van der Waals surface area (Å²) in [6.07, 6.45) is 3.20. The van der Waals surface area contributed by atoms with Crippen LogP contribution in [0.25, 0.3) is 0 Å². The van der Waals surface area contributed by atoms with Crippen molar-refractivity contribution in [1.29, 1.82) is 0 Å². The predicted octanol–water partition coefficient (Wildman–Crippen LogP) is 3.70. The highest BCUT2D eigenvalue weighted by Gasteiger charge is 1.91. The van der Waals surface area contributed by atoms with Crippen molar-refractivity contribution in [2.45, 2.75) is 12.5 Å². The van der Waals surface area contributed by atoms with E-state index in [1.54, 1.807) is 36.7 Å². The molecule has 96 valence electrons. The third kappa shape index (κ3) is 5.65. The molecule has 0 aliphatic rings. The minimum atomic E-state index is -0.0550. The van der Waals surface area contributed by atoms with Crippen molar-refractivity contribution in [2.75, 3.05) is 0 Å². The van der Waals surface area contributed by atoms with Gasteiger partial charge in [0.2, 0.25) is 0 Å². The molecule has 2 aromatic heterocycles. The molecule has 3 nitrogen and oxygen atoms in total. The van der Waals surface area contributed by atoms with Gasteiger partial charge in [-0.25, -0.2) is 0 Å². The van der Waals surface area contributed by atoms with E-state index in [9.17, 15) is 0 Å². The minimum absolute atomic E-state index is 0.0550. The molecule has 0 bridgehead atoms. The summed E-state index contributed by atoms with van der Waals surface area (Å²) in [6, 6.07) is 6.76. The molecule has 1 N–H and O–H groups in total. The van der Waals surface area contributed by atoms with Gasteiger partial charge in [-0.1, -0.05) is 23.2 Å². The van der Waals surface area contributed by atoms with Gasteiger partial charge in [-0.3, -0.25) is 9.97 Å². The fraction of sp³-hybridized carbons (Fsp3) is 0.167. The number of nitrogens with zero attached hydrogens (tertiary/aromatic N) is 2. The summed E-state index contributed by atoms with van der Waals surface area (Å²) in [5, 5.41) is 9.83. The second-order valence-electron chi connectivity index (χ2n) is 3.22. The lowest BCUT2D eigenvalue weighted by molar-refractivity contribution is 0.277. The second-order valence-corrected chi connectivity index (χ2v) is 4.36. The third-order valence-electron chi connectivity index (χ3n) is 1.86. The SMILES string of the molecule is ClCc1cc(Cl)ccn1.OCc1cc(Cl)ccn1. The van der Waals surface area contributed by atoms with E-state index in [0.717, 1.165) is 5.69 Å². The van der Waals surface area contributed by atoms with Crippen molar-refractivity contribution < 1.29 is 5.11 Å². The maximum Gasteiger partial charge on any atom is 0.0853 e. The number of alkyl halides is 1. The van der Waals surface area contributed by atoms with Gasteiger partial charge in [-0.15, -0.1) is 11.6 Å². The van der Waals surface area contributed by atoms with Gasteiger partial charge in [0.25, 0.3) is 0 Å². The number of halogens is 3. The van der Waals surface area contributed by atoms with Gasteiger partial charge in [0, 0.05) is 22.4 Å². The van der Waals surface area contributed by atoms with Gasteiger partial charge >= 0.3 is 0 Å². The molecule has 18 heavy (non-hydrogen) atoms. The summed E-state index contributed by atoms with van der Waals surface area (Å²) < 4.78 is 0. The first-order chi connectivity index (χ1) is 8.65. The van der Waals surface area contributed by atoms with Gasteiger partial charge in [0.05, 0.1) is 23.9 Å². The highest BCUT2D eigenvalue weighted by Crippen LogP contribution is 2.09. The van der Waals surface area contributed by atoms with Crippen LogP contribution < -0.4 is 0 Å². The minimum Gasteiger partial charge on any atom is -0.390 e. The molecule has 0 aromatic carbocycles. The fourth-order valence-electron chi connectivity index (χ4n) is 1.06. The summed E-state index contributed by atoms with van der Waals surface area (Å²) in [5.41, 5.74) is 1.41. The van der Waals surface area contributed by atoms with Crippen LogP contribution in [0.3, 0.4) is 0 Å². The smallest absolute Gasteiger partial charge is 0.0853 e. The molecule has 6 heteroatoms. The monoisotopic (exact) mass is 304 g/mol. The standard InChI is InChI=1S/C6H5Cl2N.C6H6ClNO/c7-4-6-3-5(8)1-2-9-6;7-5-1-2-8-6(3-5)4-9/h1-3H,4H2;1-3,9H,4H2. The van der Waals surface area contributed by atoms with Crippen LogP contribution in [0.15, 0.2) is 36.7 Å². The number of pyridine rings is 2. The molecule has 0 aliphatic heterocycles. The van der Waals surface area contributed by atoms with Gasteiger partial charge in [0.1, 0.15) is 0 Å². The summed E-state index contributed by atoms with van der Waals surface area (Å²) in [5.74, 6) is 0.417. The number of aromatic nitrogens is 2. The van der Waals surface area contributed by atoms with Crippen molar-refractivity contribution in [3.8, 4) is 0 Å². The van der Waals surface area contributed by atoms with Crippen molar-refractivity contribution in [3.05, 3.63) is 58.1 Å². The molecule has 0 amide bonds. The number of hydrogen-bond acceptors (Lipinski definition) is 3. The molecule has 0 atom stereocenters. The molecule has 0 saturated heterocycles. The average Bonchev–Trinajstić information content (AvgIpc) is 2.39. The number of aliphatic hydroxyl groups excluding tert-OH is 1. The van der Waals surface area contributed by atoms with Crippen molar-refractivity contribution in [1.82, 2.24) is 9.97 Å². The fourth-order valence-corrected chi connectivity index (χ4v) is 1.57. The van der Waals surface area contributed by atoms with Gasteiger partial charge < -0.3 is 5.11 Å². The Morgan fingerprint density at radius 3 is 1.78 bits per heavy atom. The lowest BCUT2D eigenvalue weighted by atomic mass is 10.4. The van der Waals surface area contributed by atoms with E-state index in [0.29, 0.717) is 21.6 Å². The van der Waals surface area contributed by atoms with Crippen LogP contribution in [0.4, 0.5) is 0 Å². The van der Waals surface area contributed by atoms with Gasteiger partial charge in [0.15, 0.2) is 0 Å². The normalized spacial score (nSPS) is 9.56. The molecule has 2 aromatic rings. The quantitative estimate of drug-likeness (QED) is 0.861. The number of aliphatic hydroxyl groups is 1. The first-order valence-corrected chi connectivity index (χ1v) is 6.32. The molecule has 2 rings (SSSR count). The predicted molar refractivity (Wildman–Crippen MR) is 74.0 cm³/mol. The molecule has 0 fully saturated rings. The summed E-state index contributed by atoms with van der Waals surface area (Å²) in [4.78, 5) is 7.77. The van der Waals surface area contributed by atoms with Crippen LogP contribution in [-0.2, 0) is 12.5 Å². The molecule has 2 heterocycles. The molecule has 0 unspecified atom stereocenters. The Labute approximate surface area is 120 Å². The Morgan fingerprint density at radius 1 is 0.944 bits per heavy atom. The van der Waals surface area contributed by atoms with E-state index in [2.05, 4.69) is 9.97 Å². The zero-order valence-corrected chi connectivity index (χ0v) is 11.6. The van der Waals surface area contributed by atoms with E-state index in [-0.39, 0.29) is 6.61 Å². The van der Waals surface area contributed by atoms with Gasteiger partial charge in [-0.2, -0.15) is 0 Å². The lowest BCUT2D eigenvalue weighted by Gasteiger charge is -1.92. The van der Waals surface area contributed by atoms with Crippen LogP contribution in [0.2, 0.25) is 10.0 Å². The molecule has 0 spiro atoms. The Hall–Kier alpha value is -0.870. The van der Waals surface area contributed by atoms with Crippen LogP contribution in [0.1, 0.15) is 11.4 Å². The van der Waals surface area contributed by atoms with Gasteiger partial charge in [-0.05, 0) is 24.3 Å². The van der Waals surface area contributed by atoms with Crippen molar-refractivity contribution in [3.63, 3.8) is 0 Å². The first-order valence-electron chi connectivity index (χ1n) is 5.03. The van der Waals surface area contributed by atoms with Crippen LogP contribution in [0, 0.1) is 0 Å². The van der Waals surface area contributed by atoms with E-state index >= 15 is 0 Å². The number of rotatable bonds is 2. The molecule has 0 aliphatic carbocycles. The first kappa shape index (κ1) is 15.2. The van der Waals surface area contributed by atoms with Crippen LogP contribution in [-0.4, -0.2) is 15.1 Å². The lowest BCUT2D eigenvalue weighted by Crippen LogP contribution is -1.85. The molecular formula is C12H11Cl3N2O. The zero-order chi connectivity index (χ0) is 13.4.